The van der Waals surface area contributed by atoms with Crippen LogP contribution in [0, 0.1) is 18.3 Å². The van der Waals surface area contributed by atoms with Crippen molar-refractivity contribution < 1.29 is 0 Å². The number of fused-ring (bicyclic) bond motifs is 1. The molecule has 0 spiro atoms. The SMILES string of the molecule is CCCc1c(C)c2cc(Cl)ccc2n1CC#N. The summed E-state index contributed by atoms with van der Waals surface area (Å²) in [5, 5.41) is 10.8. The van der Waals surface area contributed by atoms with E-state index in [1.54, 1.807) is 0 Å². The van der Waals surface area contributed by atoms with E-state index in [0.717, 1.165) is 28.8 Å². The molecule has 1 heterocycles. The summed E-state index contributed by atoms with van der Waals surface area (Å²) in [6.45, 7) is 4.67. The van der Waals surface area contributed by atoms with Crippen molar-refractivity contribution in [2.24, 2.45) is 0 Å². The summed E-state index contributed by atoms with van der Waals surface area (Å²) in [4.78, 5) is 0. The highest BCUT2D eigenvalue weighted by Gasteiger charge is 2.13. The summed E-state index contributed by atoms with van der Waals surface area (Å²) in [6, 6.07) is 8.10. The second-order valence-electron chi connectivity index (χ2n) is 4.23. The second-order valence-corrected chi connectivity index (χ2v) is 4.66. The van der Waals surface area contributed by atoms with Crippen molar-refractivity contribution in [2.75, 3.05) is 0 Å². The van der Waals surface area contributed by atoms with Crippen LogP contribution < -0.4 is 0 Å². The number of halogens is 1. The van der Waals surface area contributed by atoms with Gasteiger partial charge in [0.15, 0.2) is 0 Å². The molecule has 0 amide bonds. The Morgan fingerprint density at radius 2 is 2.18 bits per heavy atom. The van der Waals surface area contributed by atoms with Crippen LogP contribution in [0.4, 0.5) is 0 Å². The fourth-order valence-corrected chi connectivity index (χ4v) is 2.53. The quantitative estimate of drug-likeness (QED) is 0.802. The third-order valence-corrected chi connectivity index (χ3v) is 3.36. The molecule has 0 unspecified atom stereocenters. The lowest BCUT2D eigenvalue weighted by molar-refractivity contribution is 0.759. The predicted octanol–water partition coefficient (Wildman–Crippen LogP) is 4.08. The van der Waals surface area contributed by atoms with E-state index in [4.69, 9.17) is 16.9 Å². The summed E-state index contributed by atoms with van der Waals surface area (Å²) >= 11 is 6.03. The molecule has 88 valence electrons. The summed E-state index contributed by atoms with van der Waals surface area (Å²) in [5.41, 5.74) is 3.61. The van der Waals surface area contributed by atoms with Crippen LogP contribution in [0.15, 0.2) is 18.2 Å². The lowest BCUT2D eigenvalue weighted by Gasteiger charge is -2.06. The number of hydrogen-bond donors (Lipinski definition) is 0. The first-order valence-corrected chi connectivity index (χ1v) is 6.21. The normalized spacial score (nSPS) is 10.7. The monoisotopic (exact) mass is 246 g/mol. The molecule has 0 saturated heterocycles. The van der Waals surface area contributed by atoms with E-state index in [1.807, 2.05) is 18.2 Å². The van der Waals surface area contributed by atoms with Crippen molar-refractivity contribution >= 4 is 22.5 Å². The van der Waals surface area contributed by atoms with Gasteiger partial charge in [0.25, 0.3) is 0 Å². The maximum Gasteiger partial charge on any atom is 0.110 e. The minimum atomic E-state index is 0.404. The molecule has 0 atom stereocenters. The molecule has 0 aliphatic rings. The molecule has 1 aromatic carbocycles. The first kappa shape index (κ1) is 12.0. The van der Waals surface area contributed by atoms with Gasteiger partial charge in [-0.05, 0) is 37.1 Å². The van der Waals surface area contributed by atoms with Crippen LogP contribution in [0.1, 0.15) is 24.6 Å². The third kappa shape index (κ3) is 2.03. The molecule has 0 bridgehead atoms. The highest BCUT2D eigenvalue weighted by molar-refractivity contribution is 6.31. The van der Waals surface area contributed by atoms with Gasteiger partial charge in [0, 0.05) is 21.6 Å². The van der Waals surface area contributed by atoms with E-state index in [0.29, 0.717) is 6.54 Å². The predicted molar refractivity (Wildman–Crippen MR) is 71.3 cm³/mol. The molecular formula is C14H15ClN2. The van der Waals surface area contributed by atoms with Crippen LogP contribution >= 0.6 is 11.6 Å². The van der Waals surface area contributed by atoms with Gasteiger partial charge in [-0.3, -0.25) is 0 Å². The average Bonchev–Trinajstić information content (AvgIpc) is 2.56. The second kappa shape index (κ2) is 4.81. The molecule has 2 nitrogen and oxygen atoms in total. The average molecular weight is 247 g/mol. The van der Waals surface area contributed by atoms with Crippen molar-refractivity contribution in [3.63, 3.8) is 0 Å². The number of aryl methyl sites for hydroxylation is 1. The summed E-state index contributed by atoms with van der Waals surface area (Å²) < 4.78 is 2.10. The summed E-state index contributed by atoms with van der Waals surface area (Å²) in [7, 11) is 0. The zero-order valence-corrected chi connectivity index (χ0v) is 10.9. The van der Waals surface area contributed by atoms with Crippen LogP contribution in [0.2, 0.25) is 5.02 Å². The molecule has 17 heavy (non-hydrogen) atoms. The molecule has 0 saturated carbocycles. The maximum absolute atomic E-state index is 8.94. The molecule has 0 aliphatic carbocycles. The number of benzene rings is 1. The van der Waals surface area contributed by atoms with Crippen molar-refractivity contribution in [3.8, 4) is 6.07 Å². The zero-order chi connectivity index (χ0) is 12.4. The van der Waals surface area contributed by atoms with Gasteiger partial charge in [0.05, 0.1) is 6.07 Å². The Morgan fingerprint density at radius 3 is 2.82 bits per heavy atom. The first-order chi connectivity index (χ1) is 8.19. The van der Waals surface area contributed by atoms with Gasteiger partial charge in [-0.15, -0.1) is 0 Å². The Kier molecular flexibility index (Phi) is 3.40. The van der Waals surface area contributed by atoms with Crippen LogP contribution in [0.3, 0.4) is 0 Å². The van der Waals surface area contributed by atoms with Crippen LogP contribution in [-0.4, -0.2) is 4.57 Å². The maximum atomic E-state index is 8.94. The van der Waals surface area contributed by atoms with E-state index in [9.17, 15) is 0 Å². The molecule has 0 fully saturated rings. The largest absolute Gasteiger partial charge is 0.331 e. The van der Waals surface area contributed by atoms with E-state index in [1.165, 1.54) is 11.3 Å². The van der Waals surface area contributed by atoms with Crippen LogP contribution in [0.5, 0.6) is 0 Å². The van der Waals surface area contributed by atoms with Gasteiger partial charge in [-0.1, -0.05) is 24.9 Å². The van der Waals surface area contributed by atoms with Gasteiger partial charge in [-0.2, -0.15) is 5.26 Å². The van der Waals surface area contributed by atoms with Crippen LogP contribution in [0.25, 0.3) is 10.9 Å². The smallest absolute Gasteiger partial charge is 0.110 e. The molecule has 1 aromatic heterocycles. The highest BCUT2D eigenvalue weighted by atomic mass is 35.5. The van der Waals surface area contributed by atoms with Gasteiger partial charge >= 0.3 is 0 Å². The number of aromatic nitrogens is 1. The minimum absolute atomic E-state index is 0.404. The molecule has 2 aromatic rings. The van der Waals surface area contributed by atoms with Crippen molar-refractivity contribution in [3.05, 3.63) is 34.5 Å². The Hall–Kier alpha value is -1.46. The first-order valence-electron chi connectivity index (χ1n) is 5.83. The minimum Gasteiger partial charge on any atom is -0.331 e. The number of hydrogen-bond acceptors (Lipinski definition) is 1. The van der Waals surface area contributed by atoms with E-state index >= 15 is 0 Å². The lowest BCUT2D eigenvalue weighted by atomic mass is 10.1. The number of nitriles is 1. The van der Waals surface area contributed by atoms with Crippen molar-refractivity contribution in [1.29, 1.82) is 5.26 Å². The number of rotatable bonds is 3. The Balaban J connectivity index is 2.73. The molecule has 0 radical (unpaired) electrons. The molecule has 0 aliphatic heterocycles. The standard InChI is InChI=1S/C14H15ClN2/c1-3-4-13-10(2)12-9-11(15)5-6-14(12)17(13)8-7-16/h5-6,9H,3-4,8H2,1-2H3. The van der Waals surface area contributed by atoms with Gasteiger partial charge in [0.2, 0.25) is 0 Å². The lowest BCUT2D eigenvalue weighted by Crippen LogP contribution is -2.02. The Bertz CT molecular complexity index is 590. The van der Waals surface area contributed by atoms with E-state index in [-0.39, 0.29) is 0 Å². The molecular weight excluding hydrogens is 232 g/mol. The van der Waals surface area contributed by atoms with Gasteiger partial charge < -0.3 is 4.57 Å². The highest BCUT2D eigenvalue weighted by Crippen LogP contribution is 2.28. The molecule has 0 N–H and O–H groups in total. The molecule has 2 rings (SSSR count). The van der Waals surface area contributed by atoms with Gasteiger partial charge in [0.1, 0.15) is 6.54 Å². The van der Waals surface area contributed by atoms with Gasteiger partial charge in [-0.25, -0.2) is 0 Å². The zero-order valence-electron chi connectivity index (χ0n) is 10.1. The topological polar surface area (TPSA) is 28.7 Å². The summed E-state index contributed by atoms with van der Waals surface area (Å²) in [6.07, 6.45) is 2.08. The van der Waals surface area contributed by atoms with E-state index < -0.39 is 0 Å². The molecule has 3 heteroatoms. The van der Waals surface area contributed by atoms with Crippen LogP contribution in [-0.2, 0) is 13.0 Å². The fraction of sp³-hybridized carbons (Fsp3) is 0.357. The fourth-order valence-electron chi connectivity index (χ4n) is 2.36. The Morgan fingerprint density at radius 1 is 1.41 bits per heavy atom. The summed E-state index contributed by atoms with van der Waals surface area (Å²) in [5.74, 6) is 0. The van der Waals surface area contributed by atoms with E-state index in [2.05, 4.69) is 24.5 Å². The number of nitrogens with zero attached hydrogens (tertiary/aromatic N) is 2. The third-order valence-electron chi connectivity index (χ3n) is 3.13. The Labute approximate surface area is 106 Å². The van der Waals surface area contributed by atoms with Crippen molar-refractivity contribution in [2.45, 2.75) is 33.2 Å². The van der Waals surface area contributed by atoms with Crippen molar-refractivity contribution in [1.82, 2.24) is 4.57 Å².